The number of Topliss-reactive ketones (excluding diaryl/α,β-unsaturated/α-hetero) is 1. The quantitative estimate of drug-likeness (QED) is 0.567. The van der Waals surface area contributed by atoms with E-state index in [1.165, 1.54) is 18.2 Å². The summed E-state index contributed by atoms with van der Waals surface area (Å²) in [4.78, 5) is 13.2. The minimum Gasteiger partial charge on any atom is -0.508 e. The van der Waals surface area contributed by atoms with E-state index in [9.17, 15) is 18.3 Å². The van der Waals surface area contributed by atoms with Gasteiger partial charge in [-0.2, -0.15) is 12.8 Å². The van der Waals surface area contributed by atoms with E-state index in [1.54, 1.807) is 50.2 Å². The number of phenolic OH excluding ortho intramolecular Hbond substituents is 1. The monoisotopic (exact) mass is 446 g/mol. The number of rotatable bonds is 4. The van der Waals surface area contributed by atoms with Crippen LogP contribution < -0.4 is 5.32 Å². The second-order valence-electron chi connectivity index (χ2n) is 7.78. The summed E-state index contributed by atoms with van der Waals surface area (Å²) in [6.45, 7) is 5.41. The van der Waals surface area contributed by atoms with Crippen LogP contribution in [0.5, 0.6) is 5.75 Å². The van der Waals surface area contributed by atoms with Gasteiger partial charge in [0.05, 0.1) is 16.3 Å². The first-order valence-electron chi connectivity index (χ1n) is 10.0. The molecule has 0 aliphatic heterocycles. The lowest BCUT2D eigenvalue weighted by Crippen LogP contribution is -2.22. The molecule has 7 heteroatoms. The second kappa shape index (κ2) is 8.09. The zero-order valence-corrected chi connectivity index (χ0v) is 18.7. The van der Waals surface area contributed by atoms with E-state index in [-0.39, 0.29) is 27.8 Å². The summed E-state index contributed by atoms with van der Waals surface area (Å²) in [5.74, 6) is -0.172. The van der Waals surface area contributed by atoms with Gasteiger partial charge >= 0.3 is 0 Å². The van der Waals surface area contributed by atoms with Gasteiger partial charge in [-0.15, -0.1) is 0 Å². The number of carbonyl (C=O) groups excluding carboxylic acids is 1. The van der Waals surface area contributed by atoms with Crippen molar-refractivity contribution in [2.24, 2.45) is 4.40 Å². The Bertz CT molecular complexity index is 1380. The van der Waals surface area contributed by atoms with Crippen LogP contribution in [0.3, 0.4) is 0 Å². The number of sulfonamides is 1. The first-order valence-corrected chi connectivity index (χ1v) is 11.4. The third-order valence-electron chi connectivity index (χ3n) is 5.20. The standard InChI is InChI=1S/C25H22N2O4S/c1-15-12-16(2)25(17(3)13-15)32(30,31)27-22-14-23(26-18-8-10-19(28)11-9-18)24(29)21-7-5-4-6-20(21)22/h4-14,26,28H,1-3H3/b27-22-. The molecule has 0 spiro atoms. The highest BCUT2D eigenvalue weighted by molar-refractivity contribution is 7.90. The van der Waals surface area contributed by atoms with E-state index < -0.39 is 10.0 Å². The number of carbonyl (C=O) groups is 1. The molecule has 3 aromatic rings. The molecule has 0 unspecified atom stereocenters. The van der Waals surface area contributed by atoms with Gasteiger partial charge in [0.25, 0.3) is 10.0 Å². The van der Waals surface area contributed by atoms with Crippen molar-refractivity contribution >= 4 is 27.2 Å². The molecule has 0 aromatic heterocycles. The summed E-state index contributed by atoms with van der Waals surface area (Å²) in [5, 5.41) is 12.5. The van der Waals surface area contributed by atoms with Gasteiger partial charge in [-0.3, -0.25) is 4.79 Å². The highest BCUT2D eigenvalue weighted by Crippen LogP contribution is 2.28. The molecule has 0 heterocycles. The fraction of sp³-hybridized carbons (Fsp3) is 0.120. The second-order valence-corrected chi connectivity index (χ2v) is 9.32. The van der Waals surface area contributed by atoms with Crippen LogP contribution in [0, 0.1) is 20.8 Å². The molecule has 0 saturated heterocycles. The summed E-state index contributed by atoms with van der Waals surface area (Å²) < 4.78 is 30.7. The molecule has 1 aliphatic carbocycles. The van der Waals surface area contributed by atoms with Gasteiger partial charge in [-0.05, 0) is 62.2 Å². The van der Waals surface area contributed by atoms with Crippen molar-refractivity contribution in [1.29, 1.82) is 0 Å². The van der Waals surface area contributed by atoms with Crippen LogP contribution in [0.4, 0.5) is 5.69 Å². The van der Waals surface area contributed by atoms with Gasteiger partial charge in [0, 0.05) is 16.8 Å². The molecule has 1 aliphatic rings. The number of benzene rings is 3. The molecule has 0 atom stereocenters. The Kier molecular flexibility index (Phi) is 5.44. The van der Waals surface area contributed by atoms with Crippen LogP contribution in [0.1, 0.15) is 32.6 Å². The van der Waals surface area contributed by atoms with E-state index in [1.807, 2.05) is 19.1 Å². The van der Waals surface area contributed by atoms with Crippen molar-refractivity contribution in [2.75, 3.05) is 5.32 Å². The van der Waals surface area contributed by atoms with Gasteiger partial charge in [0.2, 0.25) is 5.78 Å². The van der Waals surface area contributed by atoms with Crippen LogP contribution in [-0.2, 0) is 10.0 Å². The summed E-state index contributed by atoms with van der Waals surface area (Å²) in [6, 6.07) is 16.6. The molecule has 4 rings (SSSR count). The normalized spacial score (nSPS) is 14.8. The number of nitrogens with zero attached hydrogens (tertiary/aromatic N) is 1. The Morgan fingerprint density at radius 3 is 2.09 bits per heavy atom. The third-order valence-corrected chi connectivity index (χ3v) is 6.80. The summed E-state index contributed by atoms with van der Waals surface area (Å²) in [7, 11) is -4.03. The molecule has 32 heavy (non-hydrogen) atoms. The summed E-state index contributed by atoms with van der Waals surface area (Å²) >= 11 is 0. The predicted octanol–water partition coefficient (Wildman–Crippen LogP) is 4.69. The van der Waals surface area contributed by atoms with Crippen molar-refractivity contribution in [3.05, 3.63) is 100 Å². The van der Waals surface area contributed by atoms with E-state index in [2.05, 4.69) is 9.71 Å². The van der Waals surface area contributed by atoms with Crippen LogP contribution >= 0.6 is 0 Å². The number of fused-ring (bicyclic) bond motifs is 1. The topological polar surface area (TPSA) is 95.8 Å². The molecule has 0 fully saturated rings. The van der Waals surface area contributed by atoms with Crippen molar-refractivity contribution in [3.63, 3.8) is 0 Å². The maximum atomic E-state index is 13.3. The summed E-state index contributed by atoms with van der Waals surface area (Å²) in [5.41, 5.74) is 4.00. The number of allylic oxidation sites excluding steroid dienone is 2. The molecule has 0 amide bonds. The highest BCUT2D eigenvalue weighted by Gasteiger charge is 2.27. The first-order chi connectivity index (χ1) is 15.2. The molecule has 0 radical (unpaired) electrons. The number of hydrogen-bond donors (Lipinski definition) is 2. The fourth-order valence-electron chi connectivity index (χ4n) is 3.95. The van der Waals surface area contributed by atoms with Gasteiger partial charge in [0.15, 0.2) is 0 Å². The first kappa shape index (κ1) is 21.5. The van der Waals surface area contributed by atoms with Crippen LogP contribution in [0.25, 0.3) is 0 Å². The minimum absolute atomic E-state index is 0.0991. The zero-order valence-electron chi connectivity index (χ0n) is 17.9. The number of phenols is 1. The molecule has 3 aromatic carbocycles. The van der Waals surface area contributed by atoms with Crippen molar-refractivity contribution in [3.8, 4) is 5.75 Å². The van der Waals surface area contributed by atoms with E-state index >= 15 is 0 Å². The van der Waals surface area contributed by atoms with Crippen molar-refractivity contribution in [1.82, 2.24) is 0 Å². The highest BCUT2D eigenvalue weighted by atomic mass is 32.2. The van der Waals surface area contributed by atoms with Gasteiger partial charge < -0.3 is 10.4 Å². The average molecular weight is 447 g/mol. The number of anilines is 1. The third kappa shape index (κ3) is 4.07. The molecule has 2 N–H and O–H groups in total. The lowest BCUT2D eigenvalue weighted by molar-refractivity contribution is 0.103. The van der Waals surface area contributed by atoms with E-state index in [0.29, 0.717) is 27.9 Å². The van der Waals surface area contributed by atoms with E-state index in [4.69, 9.17) is 0 Å². The SMILES string of the molecule is Cc1cc(C)c(S(=O)(=O)/N=C2/C=C(Nc3ccc(O)cc3)C(=O)c3ccccc32)c(C)c1. The average Bonchev–Trinajstić information content (AvgIpc) is 2.72. The number of aryl methyl sites for hydroxylation is 3. The lowest BCUT2D eigenvalue weighted by atomic mass is 9.92. The zero-order chi connectivity index (χ0) is 23.0. The van der Waals surface area contributed by atoms with Gasteiger partial charge in [-0.25, -0.2) is 0 Å². The van der Waals surface area contributed by atoms with Gasteiger partial charge in [0.1, 0.15) is 5.75 Å². The fourth-order valence-corrected chi connectivity index (χ4v) is 5.38. The Hall–Kier alpha value is -3.71. The van der Waals surface area contributed by atoms with E-state index in [0.717, 1.165) is 5.56 Å². The molecule has 162 valence electrons. The van der Waals surface area contributed by atoms with Crippen LogP contribution in [0.15, 0.2) is 81.7 Å². The van der Waals surface area contributed by atoms with Crippen molar-refractivity contribution < 1.29 is 18.3 Å². The number of hydrogen-bond acceptors (Lipinski definition) is 5. The smallest absolute Gasteiger partial charge is 0.283 e. The Morgan fingerprint density at radius 2 is 1.47 bits per heavy atom. The largest absolute Gasteiger partial charge is 0.508 e. The number of aromatic hydroxyl groups is 1. The Morgan fingerprint density at radius 1 is 0.875 bits per heavy atom. The van der Waals surface area contributed by atoms with Crippen LogP contribution in [0.2, 0.25) is 0 Å². The summed E-state index contributed by atoms with van der Waals surface area (Å²) in [6.07, 6.45) is 1.45. The Labute approximate surface area is 187 Å². The van der Waals surface area contributed by atoms with Crippen molar-refractivity contribution in [2.45, 2.75) is 25.7 Å². The lowest BCUT2D eigenvalue weighted by Gasteiger charge is -2.19. The number of nitrogens with one attached hydrogen (secondary N) is 1. The molecular formula is C25H22N2O4S. The molecule has 0 bridgehead atoms. The number of ketones is 1. The molecule has 0 saturated carbocycles. The van der Waals surface area contributed by atoms with Crippen LogP contribution in [-0.4, -0.2) is 25.0 Å². The maximum absolute atomic E-state index is 13.3. The Balaban J connectivity index is 1.85. The van der Waals surface area contributed by atoms with Gasteiger partial charge in [-0.1, -0.05) is 42.0 Å². The molecular weight excluding hydrogens is 424 g/mol. The minimum atomic E-state index is -4.03. The molecule has 6 nitrogen and oxygen atoms in total. The predicted molar refractivity (Wildman–Crippen MR) is 125 cm³/mol. The maximum Gasteiger partial charge on any atom is 0.283 e.